The Morgan fingerprint density at radius 2 is 1.73 bits per heavy atom. The number of carbonyl (C=O) groups is 4. The van der Waals surface area contributed by atoms with Crippen LogP contribution in [-0.2, 0) is 27.2 Å². The van der Waals surface area contributed by atoms with Crippen LogP contribution in [0.2, 0.25) is 5.02 Å². The van der Waals surface area contributed by atoms with Gasteiger partial charge in [0.1, 0.15) is 40.5 Å². The Labute approximate surface area is 319 Å². The van der Waals surface area contributed by atoms with Crippen LogP contribution in [0.1, 0.15) is 39.5 Å². The fraction of sp³-hybridized carbons (Fsp3) is 0.333. The molecular formula is C39H40ClF2N5O8. The van der Waals surface area contributed by atoms with Crippen LogP contribution in [0.15, 0.2) is 71.2 Å². The summed E-state index contributed by atoms with van der Waals surface area (Å²) in [6.07, 6.45) is 0.224. The van der Waals surface area contributed by atoms with Gasteiger partial charge in [-0.25, -0.2) is 8.78 Å². The average Bonchev–Trinajstić information content (AvgIpc) is 3.10. The SMILES string of the molecule is CN(C)c1c(Cl)c(NC(=O)C(NCCc2ccccc2)c2ccc(F)cc2F)c(O)c2c1CC1CC3[C@H](N(C)C)C(O)=C(C(N)=O)C(=O)C3(O)C(O)=C1C2=O. The minimum absolute atomic E-state index is 0.0615. The van der Waals surface area contributed by atoms with E-state index in [9.17, 15) is 44.0 Å². The van der Waals surface area contributed by atoms with Gasteiger partial charge in [-0.3, -0.25) is 24.1 Å². The number of phenolic OH excluding ortho intramolecular Hbond substituents is 1. The molecule has 0 aromatic heterocycles. The zero-order valence-corrected chi connectivity index (χ0v) is 31.0. The average molecular weight is 780 g/mol. The van der Waals surface area contributed by atoms with Crippen LogP contribution < -0.4 is 21.3 Å². The van der Waals surface area contributed by atoms with E-state index >= 15 is 4.39 Å². The van der Waals surface area contributed by atoms with Crippen LogP contribution in [0.5, 0.6) is 5.75 Å². The molecule has 0 aliphatic heterocycles. The van der Waals surface area contributed by atoms with Gasteiger partial charge in [0.05, 0.1) is 22.3 Å². The molecule has 8 N–H and O–H groups in total. The van der Waals surface area contributed by atoms with Crippen LogP contribution in [0.3, 0.4) is 0 Å². The molecule has 0 radical (unpaired) electrons. The smallest absolute Gasteiger partial charge is 0.255 e. The Balaban J connectivity index is 1.44. The molecule has 55 heavy (non-hydrogen) atoms. The molecule has 0 saturated heterocycles. The lowest BCUT2D eigenvalue weighted by Crippen LogP contribution is -2.63. The number of phenols is 1. The van der Waals surface area contributed by atoms with E-state index in [4.69, 9.17) is 17.3 Å². The highest BCUT2D eigenvalue weighted by Crippen LogP contribution is 2.55. The highest BCUT2D eigenvalue weighted by Gasteiger charge is 2.63. The third-order valence-electron chi connectivity index (χ3n) is 10.6. The van der Waals surface area contributed by atoms with Gasteiger partial charge < -0.3 is 41.7 Å². The monoisotopic (exact) mass is 779 g/mol. The number of hydrogen-bond donors (Lipinski definition) is 7. The number of amides is 2. The van der Waals surface area contributed by atoms with Crippen LogP contribution in [0.25, 0.3) is 0 Å². The van der Waals surface area contributed by atoms with Gasteiger partial charge in [-0.15, -0.1) is 0 Å². The van der Waals surface area contributed by atoms with Gasteiger partial charge in [-0.2, -0.15) is 0 Å². The summed E-state index contributed by atoms with van der Waals surface area (Å²) in [6, 6.07) is 9.35. The van der Waals surface area contributed by atoms with Crippen LogP contribution in [-0.4, -0.2) is 95.1 Å². The van der Waals surface area contributed by atoms with Crippen molar-refractivity contribution in [3.05, 3.63) is 110 Å². The number of fused-ring (bicyclic) bond motifs is 3. The van der Waals surface area contributed by atoms with Crippen molar-refractivity contribution in [2.75, 3.05) is 45.0 Å². The summed E-state index contributed by atoms with van der Waals surface area (Å²) >= 11 is 6.90. The number of nitrogens with zero attached hydrogens (tertiary/aromatic N) is 2. The fourth-order valence-electron chi connectivity index (χ4n) is 8.19. The van der Waals surface area contributed by atoms with E-state index in [1.807, 2.05) is 30.3 Å². The number of carbonyl (C=O) groups excluding carboxylic acids is 4. The van der Waals surface area contributed by atoms with E-state index in [-0.39, 0.29) is 41.2 Å². The molecular weight excluding hydrogens is 740 g/mol. The number of primary amides is 1. The lowest BCUT2D eigenvalue weighted by Gasteiger charge is -2.50. The Hall–Kier alpha value is -5.35. The molecule has 3 aromatic rings. The zero-order chi connectivity index (χ0) is 40.3. The number of aliphatic hydroxyl groups is 3. The van der Waals surface area contributed by atoms with E-state index in [0.717, 1.165) is 17.7 Å². The third kappa shape index (κ3) is 6.50. The maximum Gasteiger partial charge on any atom is 0.255 e. The number of nitrogens with two attached hydrogens (primary N) is 1. The fourth-order valence-corrected chi connectivity index (χ4v) is 8.61. The highest BCUT2D eigenvalue weighted by molar-refractivity contribution is 6.38. The first-order chi connectivity index (χ1) is 25.9. The molecule has 2 amide bonds. The Kier molecular flexibility index (Phi) is 10.5. The predicted molar refractivity (Wildman–Crippen MR) is 199 cm³/mol. The van der Waals surface area contributed by atoms with E-state index < -0.39 is 104 Å². The molecule has 0 heterocycles. The lowest BCUT2D eigenvalue weighted by molar-refractivity contribution is -0.148. The number of hydrogen-bond acceptors (Lipinski definition) is 11. The largest absolute Gasteiger partial charge is 0.510 e. The minimum Gasteiger partial charge on any atom is -0.510 e. The van der Waals surface area contributed by atoms with Gasteiger partial charge in [0, 0.05) is 43.8 Å². The molecule has 13 nitrogen and oxygen atoms in total. The summed E-state index contributed by atoms with van der Waals surface area (Å²) in [6.45, 7) is 0.167. The Morgan fingerprint density at radius 1 is 1.05 bits per heavy atom. The first-order valence-electron chi connectivity index (χ1n) is 17.3. The summed E-state index contributed by atoms with van der Waals surface area (Å²) in [4.78, 5) is 57.6. The molecule has 0 spiro atoms. The van der Waals surface area contributed by atoms with Crippen molar-refractivity contribution in [2.45, 2.75) is 36.9 Å². The van der Waals surface area contributed by atoms with Crippen molar-refractivity contribution in [1.82, 2.24) is 10.2 Å². The maximum absolute atomic E-state index is 15.2. The van der Waals surface area contributed by atoms with Gasteiger partial charge in [0.2, 0.25) is 11.7 Å². The summed E-state index contributed by atoms with van der Waals surface area (Å²) in [7, 11) is 6.27. The normalized spacial score (nSPS) is 22.6. The van der Waals surface area contributed by atoms with Gasteiger partial charge >= 0.3 is 0 Å². The summed E-state index contributed by atoms with van der Waals surface area (Å²) in [5.74, 6) is -11.2. The summed E-state index contributed by atoms with van der Waals surface area (Å²) < 4.78 is 29.1. The number of rotatable bonds is 10. The van der Waals surface area contributed by atoms with E-state index in [0.29, 0.717) is 12.5 Å². The first-order valence-corrected chi connectivity index (χ1v) is 17.7. The number of halogens is 3. The summed E-state index contributed by atoms with van der Waals surface area (Å²) in [5, 5.41) is 51.8. The van der Waals surface area contributed by atoms with Gasteiger partial charge in [-0.1, -0.05) is 48.0 Å². The van der Waals surface area contributed by atoms with E-state index in [2.05, 4.69) is 10.6 Å². The number of allylic oxidation sites excluding steroid dienone is 1. The first kappa shape index (κ1) is 39.3. The Morgan fingerprint density at radius 3 is 2.33 bits per heavy atom. The molecule has 0 bridgehead atoms. The number of nitrogens with one attached hydrogen (secondary N) is 2. The zero-order valence-electron chi connectivity index (χ0n) is 30.3. The molecule has 290 valence electrons. The van der Waals surface area contributed by atoms with Crippen molar-refractivity contribution in [2.24, 2.45) is 17.6 Å². The second kappa shape index (κ2) is 14.7. The van der Waals surface area contributed by atoms with Gasteiger partial charge in [0.15, 0.2) is 17.1 Å². The maximum atomic E-state index is 15.2. The quantitative estimate of drug-likeness (QED) is 0.117. The lowest BCUT2D eigenvalue weighted by atomic mass is 9.58. The van der Waals surface area contributed by atoms with Crippen molar-refractivity contribution >= 4 is 46.4 Å². The van der Waals surface area contributed by atoms with Crippen molar-refractivity contribution in [3.63, 3.8) is 0 Å². The standard InChI is InChI=1S/C39H40ClF2N5O8/c1-46(2)30-21-14-18-15-22-31(47(3)4)34(50)26(37(43)53)36(52)39(22,55)35(51)24(18)32(48)25(21)33(49)29(27(30)40)45-38(54)28(20-11-10-19(41)16-23(20)42)44-13-12-17-8-6-5-7-9-17/h5-11,16,18,22,28,31,44,49-51,55H,12-15H2,1-4H3,(H2,43,53)(H,45,54)/t18?,22?,28?,31-,39?/m0/s1. The number of aromatic hydroxyl groups is 1. The van der Waals surface area contributed by atoms with E-state index in [1.54, 1.807) is 19.0 Å². The number of benzene rings is 3. The number of aliphatic hydroxyl groups excluding tert-OH is 2. The van der Waals surface area contributed by atoms with Crippen LogP contribution in [0.4, 0.5) is 20.2 Å². The molecule has 16 heteroatoms. The Bertz CT molecular complexity index is 2190. The number of likely N-dealkylation sites (N-methyl/N-ethyl adjacent to an activating group) is 1. The van der Waals surface area contributed by atoms with E-state index in [1.165, 1.54) is 19.0 Å². The minimum atomic E-state index is -2.86. The predicted octanol–water partition coefficient (Wildman–Crippen LogP) is 3.63. The highest BCUT2D eigenvalue weighted by atomic mass is 35.5. The topological polar surface area (TPSA) is 206 Å². The van der Waals surface area contributed by atoms with Crippen LogP contribution >= 0.6 is 11.6 Å². The summed E-state index contributed by atoms with van der Waals surface area (Å²) in [5.41, 5.74) is 1.53. The number of Topliss-reactive ketones (excluding diaryl/α,β-unsaturated/α-hetero) is 2. The molecule has 0 saturated carbocycles. The van der Waals surface area contributed by atoms with Crippen molar-refractivity contribution in [3.8, 4) is 5.75 Å². The molecule has 3 aromatic carbocycles. The van der Waals surface area contributed by atoms with Crippen LogP contribution in [0, 0.1) is 23.5 Å². The van der Waals surface area contributed by atoms with Crippen molar-refractivity contribution < 1.29 is 48.4 Å². The second-order valence-corrected chi connectivity index (χ2v) is 14.8. The third-order valence-corrected chi connectivity index (χ3v) is 11.0. The molecule has 5 atom stereocenters. The molecule has 0 fully saturated rings. The molecule has 6 rings (SSSR count). The molecule has 3 aliphatic carbocycles. The molecule has 3 aliphatic rings. The second-order valence-electron chi connectivity index (χ2n) is 14.4. The number of anilines is 2. The van der Waals surface area contributed by atoms with Crippen molar-refractivity contribution in [1.29, 1.82) is 0 Å². The van der Waals surface area contributed by atoms with Gasteiger partial charge in [-0.05, 0) is 56.5 Å². The number of ketones is 2. The molecule has 4 unspecified atom stereocenters. The van der Waals surface area contributed by atoms with Gasteiger partial charge in [0.25, 0.3) is 5.91 Å².